The van der Waals surface area contributed by atoms with Gasteiger partial charge < -0.3 is 30.4 Å². The van der Waals surface area contributed by atoms with E-state index in [4.69, 9.17) is 15.2 Å². The molecule has 12 heteroatoms. The lowest BCUT2D eigenvalue weighted by molar-refractivity contribution is -0.126. The van der Waals surface area contributed by atoms with Gasteiger partial charge in [0.2, 0.25) is 5.91 Å². The van der Waals surface area contributed by atoms with Gasteiger partial charge in [-0.05, 0) is 31.5 Å². The number of carbonyl (C=O) groups excluding carboxylic acids is 2. The number of nitrogens with two attached hydrogens (primary N) is 1. The normalized spacial score (nSPS) is 12.0. The number of benzene rings is 1. The molecule has 1 aromatic carbocycles. The second-order valence-electron chi connectivity index (χ2n) is 9.46. The number of pyridine rings is 1. The number of H-pyrrole nitrogens is 1. The zero-order valence-electron chi connectivity index (χ0n) is 21.6. The molecule has 0 bridgehead atoms. The fraction of sp³-hybridized carbons (Fsp3) is 0.370. The monoisotopic (exact) mass is 536 g/mol. The van der Waals surface area contributed by atoms with Crippen LogP contribution in [-0.2, 0) is 34.0 Å². The zero-order valence-corrected chi connectivity index (χ0v) is 21.6. The molecule has 0 spiro atoms. The van der Waals surface area contributed by atoms with Crippen LogP contribution in [0.25, 0.3) is 5.65 Å². The first-order chi connectivity index (χ1) is 18.2. The molecule has 4 aromatic rings. The van der Waals surface area contributed by atoms with E-state index in [0.29, 0.717) is 29.6 Å². The van der Waals surface area contributed by atoms with E-state index in [1.165, 1.54) is 4.90 Å². The Hall–Kier alpha value is -4.29. The fourth-order valence-corrected chi connectivity index (χ4v) is 3.68. The van der Waals surface area contributed by atoms with E-state index < -0.39 is 17.7 Å². The smallest absolute Gasteiger partial charge is 0.410 e. The molecule has 4 rings (SSSR count). The van der Waals surface area contributed by atoms with E-state index in [0.717, 1.165) is 5.56 Å². The number of aromatic nitrogens is 5. The number of amides is 2. The van der Waals surface area contributed by atoms with Crippen LogP contribution >= 0.6 is 0 Å². The first kappa shape index (κ1) is 29.3. The van der Waals surface area contributed by atoms with Gasteiger partial charge in [0.1, 0.15) is 18.5 Å². The van der Waals surface area contributed by atoms with Crippen LogP contribution in [0.3, 0.4) is 0 Å². The van der Waals surface area contributed by atoms with Crippen molar-refractivity contribution in [1.29, 1.82) is 0 Å². The van der Waals surface area contributed by atoms with Gasteiger partial charge >= 0.3 is 6.09 Å². The summed E-state index contributed by atoms with van der Waals surface area (Å²) >= 11 is 0. The maximum Gasteiger partial charge on any atom is 0.410 e. The number of rotatable bonds is 11. The Bertz CT molecular complexity index is 1350. The Morgan fingerprint density at radius 3 is 2.59 bits per heavy atom. The first-order valence-corrected chi connectivity index (χ1v) is 12.1. The molecule has 1 atom stereocenters. The molecule has 0 unspecified atom stereocenters. The molecule has 0 saturated carbocycles. The fourth-order valence-electron chi connectivity index (χ4n) is 3.68. The topological polar surface area (TPSA) is 153 Å². The highest BCUT2D eigenvalue weighted by molar-refractivity contribution is 5.85. The summed E-state index contributed by atoms with van der Waals surface area (Å²) in [5.74, 6) is 0.705. The van der Waals surface area contributed by atoms with Gasteiger partial charge in [-0.15, -0.1) is 10.2 Å². The molecule has 0 fully saturated rings. The molecule has 208 valence electrons. The predicted molar refractivity (Wildman–Crippen MR) is 145 cm³/mol. The maximum absolute atomic E-state index is 12.8. The molecule has 0 saturated heterocycles. The first-order valence-electron chi connectivity index (χ1n) is 12.1. The number of nitrogens with zero attached hydrogens (tertiary/aromatic N) is 5. The molecule has 0 aliphatic heterocycles. The van der Waals surface area contributed by atoms with Crippen molar-refractivity contribution in [2.45, 2.75) is 52.6 Å². The summed E-state index contributed by atoms with van der Waals surface area (Å²) in [6, 6.07) is 14.4. The predicted octanol–water partition coefficient (Wildman–Crippen LogP) is 2.97. The Morgan fingerprint density at radius 1 is 1.13 bits per heavy atom. The van der Waals surface area contributed by atoms with Crippen molar-refractivity contribution >= 4 is 17.6 Å². The summed E-state index contributed by atoms with van der Waals surface area (Å²) in [5, 5.41) is 11.5. The second-order valence-corrected chi connectivity index (χ2v) is 9.46. The Morgan fingerprint density at radius 2 is 1.90 bits per heavy atom. The highest BCUT2D eigenvalue weighted by Gasteiger charge is 2.28. The zero-order chi connectivity index (χ0) is 27.1. The van der Waals surface area contributed by atoms with Crippen molar-refractivity contribution in [3.05, 3.63) is 83.8 Å². The number of fused-ring (bicyclic) bond motifs is 1. The van der Waals surface area contributed by atoms with Crippen LogP contribution in [0.2, 0.25) is 0 Å². The number of carbonyl (C=O) groups is 2. The van der Waals surface area contributed by atoms with E-state index in [1.807, 2.05) is 30.3 Å². The molecule has 3 heterocycles. The third-order valence-electron chi connectivity index (χ3n) is 5.73. The van der Waals surface area contributed by atoms with E-state index in [2.05, 4.69) is 25.5 Å². The highest BCUT2D eigenvalue weighted by Crippen LogP contribution is 2.19. The van der Waals surface area contributed by atoms with Crippen molar-refractivity contribution in [2.75, 3.05) is 13.7 Å². The number of hydrogen-bond donors (Lipinski definition) is 3. The standard InChI is InChI=1S/C26H32N8O4.CH4/c1-26(2,27)24(35)30-20(17-37-15-18-8-5-4-6-9-18)23-32-31-22-11-7-10-19(34(22)23)16-38-25(36)33(3)14-21-28-12-13-29-21;/h4-13,20H,14-17,27H2,1-3H3,(H,28,29)(H,30,35);1H4/t20-;/m1./s1. The average molecular weight is 537 g/mol. The lowest BCUT2D eigenvalue weighted by Crippen LogP contribution is -2.51. The highest BCUT2D eigenvalue weighted by atomic mass is 16.6. The van der Waals surface area contributed by atoms with E-state index in [1.54, 1.807) is 55.9 Å². The molecule has 0 aliphatic rings. The second kappa shape index (κ2) is 13.0. The minimum Gasteiger partial charge on any atom is -0.443 e. The van der Waals surface area contributed by atoms with Gasteiger partial charge in [-0.25, -0.2) is 9.78 Å². The van der Waals surface area contributed by atoms with Crippen LogP contribution in [0.4, 0.5) is 4.79 Å². The van der Waals surface area contributed by atoms with E-state index in [-0.39, 0.29) is 33.1 Å². The quantitative estimate of drug-likeness (QED) is 0.264. The van der Waals surface area contributed by atoms with Crippen molar-refractivity contribution in [3.63, 3.8) is 0 Å². The van der Waals surface area contributed by atoms with Gasteiger partial charge in [-0.1, -0.05) is 43.8 Å². The lowest BCUT2D eigenvalue weighted by atomic mass is 10.1. The molecule has 2 amide bonds. The van der Waals surface area contributed by atoms with Gasteiger partial charge in [0.15, 0.2) is 11.5 Å². The molecule has 4 N–H and O–H groups in total. The van der Waals surface area contributed by atoms with Crippen LogP contribution in [-0.4, -0.2) is 60.7 Å². The Kier molecular flexibility index (Phi) is 9.74. The van der Waals surface area contributed by atoms with Crippen LogP contribution in [0, 0.1) is 0 Å². The van der Waals surface area contributed by atoms with Gasteiger partial charge in [-0.2, -0.15) is 0 Å². The van der Waals surface area contributed by atoms with Crippen molar-refractivity contribution in [3.8, 4) is 0 Å². The summed E-state index contributed by atoms with van der Waals surface area (Å²) in [7, 11) is 1.62. The molecule has 0 aliphatic carbocycles. The average Bonchev–Trinajstić information content (AvgIpc) is 3.57. The van der Waals surface area contributed by atoms with Crippen molar-refractivity contribution in [1.82, 2.24) is 34.8 Å². The van der Waals surface area contributed by atoms with Gasteiger partial charge in [0.25, 0.3) is 0 Å². The van der Waals surface area contributed by atoms with Crippen LogP contribution in [0.5, 0.6) is 0 Å². The number of nitrogens with one attached hydrogen (secondary N) is 2. The van der Waals surface area contributed by atoms with E-state index in [9.17, 15) is 9.59 Å². The van der Waals surface area contributed by atoms with Crippen molar-refractivity contribution in [2.24, 2.45) is 5.73 Å². The van der Waals surface area contributed by atoms with Crippen LogP contribution in [0.15, 0.2) is 60.9 Å². The molecule has 39 heavy (non-hydrogen) atoms. The third kappa shape index (κ3) is 7.62. The lowest BCUT2D eigenvalue weighted by Gasteiger charge is -2.24. The summed E-state index contributed by atoms with van der Waals surface area (Å²) in [5.41, 5.74) is 7.07. The number of imidazole rings is 1. The van der Waals surface area contributed by atoms with Crippen LogP contribution < -0.4 is 11.1 Å². The Balaban J connectivity index is 0.00000420. The molecular weight excluding hydrogens is 500 g/mol. The molecule has 0 radical (unpaired) electrons. The van der Waals surface area contributed by atoms with E-state index >= 15 is 0 Å². The van der Waals surface area contributed by atoms with Gasteiger partial charge in [0, 0.05) is 19.4 Å². The minimum absolute atomic E-state index is 0. The third-order valence-corrected chi connectivity index (χ3v) is 5.73. The minimum atomic E-state index is -1.12. The SMILES string of the molecule is C.CN(Cc1ncc[nH]1)C(=O)OCc1cccc2nnc([C@@H](COCc3ccccc3)NC(=O)C(C)(C)N)n12. The largest absolute Gasteiger partial charge is 0.443 e. The summed E-state index contributed by atoms with van der Waals surface area (Å²) in [6.07, 6.45) is 2.79. The molecule has 12 nitrogen and oxygen atoms in total. The van der Waals surface area contributed by atoms with Gasteiger partial charge in [0.05, 0.1) is 31.0 Å². The van der Waals surface area contributed by atoms with Crippen LogP contribution in [0.1, 0.15) is 50.2 Å². The molecule has 3 aromatic heterocycles. The van der Waals surface area contributed by atoms with Crippen molar-refractivity contribution < 1.29 is 19.1 Å². The summed E-state index contributed by atoms with van der Waals surface area (Å²) in [6.45, 7) is 3.94. The molecular formula is C27H36N8O4. The number of ether oxygens (including phenoxy) is 2. The Labute approximate surface area is 227 Å². The summed E-state index contributed by atoms with van der Waals surface area (Å²) in [4.78, 5) is 33.9. The number of aromatic amines is 1. The summed E-state index contributed by atoms with van der Waals surface area (Å²) < 4.78 is 13.3. The van der Waals surface area contributed by atoms with Gasteiger partial charge in [-0.3, -0.25) is 9.20 Å². The number of hydrogen-bond acceptors (Lipinski definition) is 8. The maximum atomic E-state index is 12.8.